The topological polar surface area (TPSA) is 29.1 Å². The average Bonchev–Trinajstić information content (AvgIpc) is 2.68. The second kappa shape index (κ2) is 8.66. The minimum absolute atomic E-state index is 0.00175. The molecule has 126 valence electrons. The SMILES string of the molecule is C[C@@H](NC(=O)c1ccccc1[Se]Cc1ccccc1)c1ccccc1. The second-order valence-corrected chi connectivity index (χ2v) is 8.01. The van der Waals surface area contributed by atoms with Crippen molar-refractivity contribution >= 4 is 25.3 Å². The maximum absolute atomic E-state index is 12.8. The van der Waals surface area contributed by atoms with Crippen LogP contribution in [0, 0.1) is 0 Å². The van der Waals surface area contributed by atoms with Gasteiger partial charge in [-0.2, -0.15) is 0 Å². The first-order valence-corrected chi connectivity index (χ1v) is 10.4. The predicted molar refractivity (Wildman–Crippen MR) is 104 cm³/mol. The van der Waals surface area contributed by atoms with Crippen LogP contribution in [-0.4, -0.2) is 20.9 Å². The zero-order valence-corrected chi connectivity index (χ0v) is 15.9. The van der Waals surface area contributed by atoms with Gasteiger partial charge in [-0.25, -0.2) is 0 Å². The Kier molecular flexibility index (Phi) is 6.05. The standard InChI is InChI=1S/C22H21NOSe/c1-17(19-12-6-3-7-13-19)23-22(24)20-14-8-9-15-21(20)25-16-18-10-4-2-5-11-18/h2-15,17H,16H2,1H3,(H,23,24)/t17-/m1/s1. The van der Waals surface area contributed by atoms with Crippen LogP contribution in [0.3, 0.4) is 0 Å². The minimum atomic E-state index is -0.0108. The van der Waals surface area contributed by atoms with Gasteiger partial charge in [0.2, 0.25) is 0 Å². The molecule has 0 aliphatic heterocycles. The van der Waals surface area contributed by atoms with Gasteiger partial charge in [0.15, 0.2) is 0 Å². The molecule has 0 spiro atoms. The Balaban J connectivity index is 1.70. The zero-order valence-electron chi connectivity index (χ0n) is 14.2. The van der Waals surface area contributed by atoms with Crippen LogP contribution in [0.5, 0.6) is 0 Å². The maximum atomic E-state index is 12.8. The molecule has 25 heavy (non-hydrogen) atoms. The van der Waals surface area contributed by atoms with Gasteiger partial charge in [0.25, 0.3) is 0 Å². The molecule has 0 aliphatic carbocycles. The molecule has 3 heteroatoms. The molecular weight excluding hydrogens is 373 g/mol. The normalized spacial score (nSPS) is 11.7. The van der Waals surface area contributed by atoms with E-state index < -0.39 is 0 Å². The number of benzene rings is 3. The van der Waals surface area contributed by atoms with E-state index in [-0.39, 0.29) is 26.9 Å². The molecular formula is C22H21NOSe. The molecule has 0 fully saturated rings. The molecule has 0 saturated carbocycles. The van der Waals surface area contributed by atoms with E-state index in [1.54, 1.807) is 0 Å². The summed E-state index contributed by atoms with van der Waals surface area (Å²) in [6.07, 6.45) is 0. The summed E-state index contributed by atoms with van der Waals surface area (Å²) in [5, 5.41) is 4.11. The summed E-state index contributed by atoms with van der Waals surface area (Å²) in [6, 6.07) is 28.4. The quantitative estimate of drug-likeness (QED) is 0.635. The monoisotopic (exact) mass is 395 g/mol. The number of carbonyl (C=O) groups is 1. The Hall–Kier alpha value is -2.35. The van der Waals surface area contributed by atoms with E-state index in [0.29, 0.717) is 0 Å². The molecule has 0 unspecified atom stereocenters. The Morgan fingerprint density at radius 1 is 0.880 bits per heavy atom. The summed E-state index contributed by atoms with van der Waals surface area (Å²) < 4.78 is 1.15. The molecule has 2 nitrogen and oxygen atoms in total. The molecule has 1 atom stereocenters. The molecule has 1 N–H and O–H groups in total. The van der Waals surface area contributed by atoms with Crippen LogP contribution in [0.25, 0.3) is 0 Å². The van der Waals surface area contributed by atoms with Crippen molar-refractivity contribution in [1.29, 1.82) is 0 Å². The van der Waals surface area contributed by atoms with Gasteiger partial charge in [0.05, 0.1) is 0 Å². The Morgan fingerprint density at radius 2 is 1.48 bits per heavy atom. The van der Waals surface area contributed by atoms with Gasteiger partial charge in [-0.05, 0) is 0 Å². The first-order chi connectivity index (χ1) is 12.2. The summed E-state index contributed by atoms with van der Waals surface area (Å²) in [5.41, 5.74) is 3.22. The van der Waals surface area contributed by atoms with Gasteiger partial charge in [0, 0.05) is 0 Å². The van der Waals surface area contributed by atoms with Crippen LogP contribution < -0.4 is 9.78 Å². The van der Waals surface area contributed by atoms with Crippen molar-refractivity contribution in [2.75, 3.05) is 0 Å². The first-order valence-electron chi connectivity index (χ1n) is 8.35. The summed E-state index contributed by atoms with van der Waals surface area (Å²) >= 11 is 0.227. The van der Waals surface area contributed by atoms with Crippen LogP contribution in [0.2, 0.25) is 0 Å². The molecule has 0 saturated heterocycles. The van der Waals surface area contributed by atoms with Crippen molar-refractivity contribution in [2.45, 2.75) is 18.3 Å². The van der Waals surface area contributed by atoms with Gasteiger partial charge in [0.1, 0.15) is 0 Å². The third kappa shape index (κ3) is 4.82. The third-order valence-corrected chi connectivity index (χ3v) is 6.42. The fraction of sp³-hybridized carbons (Fsp3) is 0.136. The van der Waals surface area contributed by atoms with E-state index in [0.717, 1.165) is 20.9 Å². The molecule has 1 amide bonds. The van der Waals surface area contributed by atoms with Crippen molar-refractivity contribution in [1.82, 2.24) is 5.32 Å². The second-order valence-electron chi connectivity index (χ2n) is 5.88. The summed E-state index contributed by atoms with van der Waals surface area (Å²) in [6.45, 7) is 2.02. The number of hydrogen-bond donors (Lipinski definition) is 1. The van der Waals surface area contributed by atoms with Crippen molar-refractivity contribution in [3.63, 3.8) is 0 Å². The summed E-state index contributed by atoms with van der Waals surface area (Å²) in [7, 11) is 0. The third-order valence-electron chi connectivity index (χ3n) is 4.02. The summed E-state index contributed by atoms with van der Waals surface area (Å²) in [4.78, 5) is 12.8. The molecule has 0 heterocycles. The summed E-state index contributed by atoms with van der Waals surface area (Å²) in [5.74, 6) is 0.00175. The van der Waals surface area contributed by atoms with E-state index in [4.69, 9.17) is 0 Å². The van der Waals surface area contributed by atoms with Crippen LogP contribution >= 0.6 is 0 Å². The number of amides is 1. The average molecular weight is 394 g/mol. The van der Waals surface area contributed by atoms with Crippen LogP contribution in [0.1, 0.15) is 34.5 Å². The van der Waals surface area contributed by atoms with E-state index in [2.05, 4.69) is 35.6 Å². The number of carbonyl (C=O) groups excluding carboxylic acids is 1. The van der Waals surface area contributed by atoms with E-state index in [1.807, 2.05) is 61.5 Å². The molecule has 3 aromatic carbocycles. The van der Waals surface area contributed by atoms with Crippen LogP contribution in [-0.2, 0) is 5.32 Å². The molecule has 0 aliphatic rings. The van der Waals surface area contributed by atoms with E-state index >= 15 is 0 Å². The fourth-order valence-corrected chi connectivity index (χ4v) is 4.72. The van der Waals surface area contributed by atoms with Crippen molar-refractivity contribution < 1.29 is 4.79 Å². The van der Waals surface area contributed by atoms with Crippen LogP contribution in [0.4, 0.5) is 0 Å². The Morgan fingerprint density at radius 3 is 2.20 bits per heavy atom. The molecule has 0 bridgehead atoms. The number of nitrogens with one attached hydrogen (secondary N) is 1. The predicted octanol–water partition coefficient (Wildman–Crippen LogP) is 3.71. The van der Waals surface area contributed by atoms with Gasteiger partial charge < -0.3 is 0 Å². The van der Waals surface area contributed by atoms with Gasteiger partial charge >= 0.3 is 155 Å². The molecule has 0 radical (unpaired) electrons. The van der Waals surface area contributed by atoms with Gasteiger partial charge in [-0.1, -0.05) is 0 Å². The zero-order chi connectivity index (χ0) is 17.5. The Labute approximate surface area is 155 Å². The Bertz CT molecular complexity index is 818. The van der Waals surface area contributed by atoms with Gasteiger partial charge in [-0.3, -0.25) is 0 Å². The van der Waals surface area contributed by atoms with Crippen molar-refractivity contribution in [3.8, 4) is 0 Å². The van der Waals surface area contributed by atoms with Crippen LogP contribution in [0.15, 0.2) is 84.9 Å². The van der Waals surface area contributed by atoms with E-state index in [1.165, 1.54) is 5.56 Å². The first kappa shape index (κ1) is 17.5. The van der Waals surface area contributed by atoms with Gasteiger partial charge in [-0.15, -0.1) is 0 Å². The van der Waals surface area contributed by atoms with Crippen molar-refractivity contribution in [2.24, 2.45) is 0 Å². The fourth-order valence-electron chi connectivity index (χ4n) is 2.61. The number of rotatable bonds is 6. The molecule has 3 aromatic rings. The molecule has 0 aromatic heterocycles. The van der Waals surface area contributed by atoms with E-state index in [9.17, 15) is 4.79 Å². The molecule has 3 rings (SSSR count). The van der Waals surface area contributed by atoms with Crippen molar-refractivity contribution in [3.05, 3.63) is 102 Å². The number of hydrogen-bond acceptors (Lipinski definition) is 1.